The maximum Gasteiger partial charge on any atom is 0.325 e. The summed E-state index contributed by atoms with van der Waals surface area (Å²) < 4.78 is 0. The number of nitrogens with zero attached hydrogens (tertiary/aromatic N) is 3. The highest BCUT2D eigenvalue weighted by Gasteiger charge is 2.53. The summed E-state index contributed by atoms with van der Waals surface area (Å²) in [4.78, 5) is 44.6. The molecule has 1 atom stereocenters. The average molecular weight is 476 g/mol. The van der Waals surface area contributed by atoms with Crippen molar-refractivity contribution in [2.45, 2.75) is 44.7 Å². The van der Waals surface area contributed by atoms with Gasteiger partial charge in [-0.15, -0.1) is 0 Å². The van der Waals surface area contributed by atoms with E-state index in [1.54, 1.807) is 0 Å². The minimum atomic E-state index is -0.961. The largest absolute Gasteiger partial charge is 0.372 e. The van der Waals surface area contributed by atoms with Crippen LogP contribution in [0.15, 0.2) is 48.5 Å². The van der Waals surface area contributed by atoms with Gasteiger partial charge in [-0.2, -0.15) is 0 Å². The van der Waals surface area contributed by atoms with Crippen molar-refractivity contribution in [3.63, 3.8) is 0 Å². The van der Waals surface area contributed by atoms with Crippen molar-refractivity contribution in [2.75, 3.05) is 42.9 Å². The molecule has 2 aromatic rings. The molecule has 3 saturated heterocycles. The zero-order valence-corrected chi connectivity index (χ0v) is 20.3. The summed E-state index contributed by atoms with van der Waals surface area (Å²) >= 11 is 0. The van der Waals surface area contributed by atoms with Gasteiger partial charge in [0.1, 0.15) is 12.1 Å². The Morgan fingerprint density at radius 2 is 1.80 bits per heavy atom. The molecule has 3 aliphatic heterocycles. The third kappa shape index (κ3) is 4.89. The molecule has 0 aromatic heterocycles. The topological polar surface area (TPSA) is 85.0 Å². The number of nitrogens with one attached hydrogen (secondary N) is 2. The van der Waals surface area contributed by atoms with Gasteiger partial charge in [-0.1, -0.05) is 30.3 Å². The number of hydrogen-bond donors (Lipinski definition) is 2. The van der Waals surface area contributed by atoms with E-state index in [1.165, 1.54) is 18.4 Å². The predicted molar refractivity (Wildman–Crippen MR) is 135 cm³/mol. The number of benzene rings is 2. The Labute approximate surface area is 206 Å². The number of hydrogen-bond acceptors (Lipinski definition) is 5. The molecule has 1 spiro atoms. The summed E-state index contributed by atoms with van der Waals surface area (Å²) in [5.74, 6) is -0.684. The summed E-state index contributed by atoms with van der Waals surface area (Å²) in [6, 6.07) is 15.6. The summed E-state index contributed by atoms with van der Waals surface area (Å²) in [6.45, 7) is 5.82. The molecular formula is C27H33N5O3. The molecule has 0 aliphatic carbocycles. The Morgan fingerprint density at radius 1 is 1.03 bits per heavy atom. The van der Waals surface area contributed by atoms with E-state index in [0.717, 1.165) is 48.8 Å². The number of anilines is 2. The van der Waals surface area contributed by atoms with Crippen LogP contribution in [0, 0.1) is 6.92 Å². The molecule has 3 heterocycles. The monoisotopic (exact) mass is 475 g/mol. The first kappa shape index (κ1) is 23.4. The van der Waals surface area contributed by atoms with Crippen LogP contribution in [0.2, 0.25) is 0 Å². The van der Waals surface area contributed by atoms with E-state index in [4.69, 9.17) is 0 Å². The first-order valence-corrected chi connectivity index (χ1v) is 12.5. The SMILES string of the molecule is Cc1cc(N2CCCC2)ccc1NC(=O)CN1C(=O)NC2(CCCN(Cc3ccccc3)C2)C1=O. The molecule has 4 amide bonds. The Bertz CT molecular complexity index is 1120. The molecule has 8 nitrogen and oxygen atoms in total. The number of carbonyl (C=O) groups excluding carboxylic acids is 3. The average Bonchev–Trinajstić information content (AvgIpc) is 3.45. The number of aryl methyl sites for hydroxylation is 1. The van der Waals surface area contributed by atoms with Gasteiger partial charge < -0.3 is 15.5 Å². The second-order valence-electron chi connectivity index (χ2n) is 9.94. The number of urea groups is 1. The predicted octanol–water partition coefficient (Wildman–Crippen LogP) is 3.12. The fourth-order valence-electron chi connectivity index (χ4n) is 5.51. The van der Waals surface area contributed by atoms with Crippen LogP contribution in [0.3, 0.4) is 0 Å². The first-order valence-electron chi connectivity index (χ1n) is 12.5. The first-order chi connectivity index (χ1) is 16.9. The highest BCUT2D eigenvalue weighted by molar-refractivity contribution is 6.10. The quantitative estimate of drug-likeness (QED) is 0.627. The van der Waals surface area contributed by atoms with Crippen molar-refractivity contribution in [1.82, 2.24) is 15.1 Å². The van der Waals surface area contributed by atoms with Crippen molar-refractivity contribution in [1.29, 1.82) is 0 Å². The van der Waals surface area contributed by atoms with Crippen LogP contribution in [-0.4, -0.2) is 65.9 Å². The van der Waals surface area contributed by atoms with Crippen LogP contribution in [0.25, 0.3) is 0 Å². The van der Waals surface area contributed by atoms with Crippen molar-refractivity contribution < 1.29 is 14.4 Å². The highest BCUT2D eigenvalue weighted by Crippen LogP contribution is 2.30. The smallest absolute Gasteiger partial charge is 0.325 e. The van der Waals surface area contributed by atoms with E-state index < -0.39 is 11.6 Å². The maximum absolute atomic E-state index is 13.4. The van der Waals surface area contributed by atoms with Gasteiger partial charge in [0.25, 0.3) is 5.91 Å². The zero-order valence-electron chi connectivity index (χ0n) is 20.3. The lowest BCUT2D eigenvalue weighted by atomic mass is 9.88. The van der Waals surface area contributed by atoms with E-state index >= 15 is 0 Å². The van der Waals surface area contributed by atoms with E-state index in [0.29, 0.717) is 18.7 Å². The van der Waals surface area contributed by atoms with Crippen LogP contribution in [-0.2, 0) is 16.1 Å². The summed E-state index contributed by atoms with van der Waals surface area (Å²) in [5.41, 5.74) is 3.03. The van der Waals surface area contributed by atoms with Gasteiger partial charge >= 0.3 is 6.03 Å². The van der Waals surface area contributed by atoms with Crippen LogP contribution in [0.5, 0.6) is 0 Å². The van der Waals surface area contributed by atoms with Crippen LogP contribution < -0.4 is 15.5 Å². The standard InChI is InChI=1S/C27H33N5O3/c1-20-16-22(31-14-5-6-15-31)10-11-23(20)28-24(33)18-32-25(34)27(29-26(32)35)12-7-13-30(19-27)17-21-8-3-2-4-9-21/h2-4,8-11,16H,5-7,12-15,17-19H2,1H3,(H,28,33)(H,29,35). The van der Waals surface area contributed by atoms with E-state index in [1.807, 2.05) is 37.3 Å². The Morgan fingerprint density at radius 3 is 2.54 bits per heavy atom. The van der Waals surface area contributed by atoms with Crippen molar-refractivity contribution in [3.8, 4) is 0 Å². The molecule has 0 radical (unpaired) electrons. The van der Waals surface area contributed by atoms with Gasteiger partial charge in [-0.3, -0.25) is 19.4 Å². The lowest BCUT2D eigenvalue weighted by molar-refractivity contribution is -0.135. The van der Waals surface area contributed by atoms with Crippen LogP contribution in [0.4, 0.5) is 16.2 Å². The molecular weight excluding hydrogens is 442 g/mol. The van der Waals surface area contributed by atoms with Gasteiger partial charge in [-0.25, -0.2) is 4.79 Å². The fourth-order valence-corrected chi connectivity index (χ4v) is 5.51. The Kier molecular flexibility index (Phi) is 6.47. The van der Waals surface area contributed by atoms with Crippen LogP contribution in [0.1, 0.15) is 36.8 Å². The molecule has 3 fully saturated rings. The minimum absolute atomic E-state index is 0.293. The Balaban J connectivity index is 1.22. The fraction of sp³-hybridized carbons (Fsp3) is 0.444. The van der Waals surface area contributed by atoms with Crippen molar-refractivity contribution >= 4 is 29.2 Å². The van der Waals surface area contributed by atoms with Crippen LogP contribution >= 0.6 is 0 Å². The van der Waals surface area contributed by atoms with Gasteiger partial charge in [0.05, 0.1) is 0 Å². The summed E-state index contributed by atoms with van der Waals surface area (Å²) in [6.07, 6.45) is 3.80. The van der Waals surface area contributed by atoms with Gasteiger partial charge in [0.2, 0.25) is 5.91 Å². The van der Waals surface area contributed by atoms with Gasteiger partial charge in [-0.05, 0) is 68.5 Å². The molecule has 184 valence electrons. The van der Waals surface area contributed by atoms with Gasteiger partial charge in [0.15, 0.2) is 0 Å². The van der Waals surface area contributed by atoms with Gasteiger partial charge in [0, 0.05) is 37.6 Å². The Hall–Kier alpha value is -3.39. The van der Waals surface area contributed by atoms with E-state index in [2.05, 4.69) is 38.6 Å². The molecule has 2 aromatic carbocycles. The molecule has 2 N–H and O–H groups in total. The minimum Gasteiger partial charge on any atom is -0.372 e. The molecule has 3 aliphatic rings. The second kappa shape index (κ2) is 9.70. The molecule has 8 heteroatoms. The number of carbonyl (C=O) groups is 3. The second-order valence-corrected chi connectivity index (χ2v) is 9.94. The number of amides is 4. The summed E-state index contributed by atoms with van der Waals surface area (Å²) in [7, 11) is 0. The third-order valence-electron chi connectivity index (χ3n) is 7.32. The van der Waals surface area contributed by atoms with Crippen molar-refractivity contribution in [2.24, 2.45) is 0 Å². The number of imide groups is 1. The lowest BCUT2D eigenvalue weighted by Crippen LogP contribution is -2.58. The molecule has 0 bridgehead atoms. The maximum atomic E-state index is 13.4. The lowest BCUT2D eigenvalue weighted by Gasteiger charge is -2.38. The van der Waals surface area contributed by atoms with E-state index in [-0.39, 0.29) is 18.4 Å². The number of piperidine rings is 1. The molecule has 1 unspecified atom stereocenters. The molecule has 0 saturated carbocycles. The third-order valence-corrected chi connectivity index (χ3v) is 7.32. The van der Waals surface area contributed by atoms with E-state index in [9.17, 15) is 14.4 Å². The number of likely N-dealkylation sites (tertiary alicyclic amines) is 1. The number of rotatable bonds is 6. The zero-order chi connectivity index (χ0) is 24.4. The normalized spacial score (nSPS) is 22.7. The highest BCUT2D eigenvalue weighted by atomic mass is 16.2. The van der Waals surface area contributed by atoms with Crippen molar-refractivity contribution in [3.05, 3.63) is 59.7 Å². The molecule has 35 heavy (non-hydrogen) atoms. The summed E-state index contributed by atoms with van der Waals surface area (Å²) in [5, 5.41) is 5.80. The molecule has 5 rings (SSSR count).